The zero-order valence-electron chi connectivity index (χ0n) is 21.7. The second-order valence-electron chi connectivity index (χ2n) is 10.6. The summed E-state index contributed by atoms with van der Waals surface area (Å²) in [5.41, 5.74) is 5.06. The first-order chi connectivity index (χ1) is 18.5. The molecule has 6 rings (SSSR count). The van der Waals surface area contributed by atoms with E-state index in [1.807, 2.05) is 12.1 Å². The van der Waals surface area contributed by atoms with Gasteiger partial charge in [0.15, 0.2) is 0 Å². The lowest BCUT2D eigenvalue weighted by Gasteiger charge is -2.43. The maximum atomic E-state index is 13.8. The molecule has 1 atom stereocenters. The highest BCUT2D eigenvalue weighted by atomic mass is 35.5. The molecule has 3 aromatic rings. The Morgan fingerprint density at radius 2 is 1.71 bits per heavy atom. The largest absolute Gasteiger partial charge is 0.378 e. The molecule has 0 bridgehead atoms. The van der Waals surface area contributed by atoms with Crippen molar-refractivity contribution in [3.05, 3.63) is 64.9 Å². The Balaban J connectivity index is 1.20. The average Bonchev–Trinajstić information content (AvgIpc) is 3.30. The van der Waals surface area contributed by atoms with E-state index in [0.29, 0.717) is 23.2 Å². The minimum atomic E-state index is -2.54. The van der Waals surface area contributed by atoms with Gasteiger partial charge in [-0.05, 0) is 55.2 Å². The number of rotatable bonds is 6. The van der Waals surface area contributed by atoms with Crippen LogP contribution in [0.3, 0.4) is 0 Å². The number of hydrogen-bond donors (Lipinski definition) is 0. The van der Waals surface area contributed by atoms with Gasteiger partial charge in [0.05, 0.1) is 31.5 Å². The number of benzene rings is 2. The summed E-state index contributed by atoms with van der Waals surface area (Å²) < 4.78 is 34.4. The van der Waals surface area contributed by atoms with E-state index in [9.17, 15) is 8.78 Å². The Bertz CT molecular complexity index is 1250. The molecule has 0 N–H and O–H groups in total. The number of hydrogen-bond acceptors (Lipinski definition) is 5. The van der Waals surface area contributed by atoms with Gasteiger partial charge in [0, 0.05) is 61.2 Å². The topological polar surface area (TPSA) is 36.8 Å². The van der Waals surface area contributed by atoms with Crippen molar-refractivity contribution in [1.29, 1.82) is 0 Å². The van der Waals surface area contributed by atoms with Crippen molar-refractivity contribution in [2.45, 2.75) is 38.3 Å². The summed E-state index contributed by atoms with van der Waals surface area (Å²) in [6.45, 7) is 9.07. The zero-order chi connectivity index (χ0) is 26.2. The molecule has 3 saturated heterocycles. The highest BCUT2D eigenvalue weighted by Gasteiger charge is 2.30. The SMILES string of the molecule is Cc1cnn(C2CCCN(c3cc(Cl)ccc3-c3ccc(N4CCN(C5COC5)CC4)cc3)C2)c1C(F)F. The van der Waals surface area contributed by atoms with Crippen molar-refractivity contribution in [1.82, 2.24) is 14.7 Å². The molecule has 0 amide bonds. The van der Waals surface area contributed by atoms with Crippen LogP contribution in [0.5, 0.6) is 0 Å². The smallest absolute Gasteiger partial charge is 0.280 e. The maximum absolute atomic E-state index is 13.8. The van der Waals surface area contributed by atoms with Crippen molar-refractivity contribution in [3.63, 3.8) is 0 Å². The molecule has 3 aliphatic heterocycles. The summed E-state index contributed by atoms with van der Waals surface area (Å²) in [4.78, 5) is 7.26. The third-order valence-corrected chi connectivity index (χ3v) is 8.51. The number of aryl methyl sites for hydroxylation is 1. The van der Waals surface area contributed by atoms with Crippen molar-refractivity contribution in [2.24, 2.45) is 0 Å². The van der Waals surface area contributed by atoms with Gasteiger partial charge in [-0.2, -0.15) is 5.10 Å². The Morgan fingerprint density at radius 3 is 2.39 bits per heavy atom. The lowest BCUT2D eigenvalue weighted by molar-refractivity contribution is -0.0660. The molecule has 0 aliphatic carbocycles. The van der Waals surface area contributed by atoms with Crippen LogP contribution in [-0.2, 0) is 4.74 Å². The van der Waals surface area contributed by atoms with E-state index >= 15 is 0 Å². The van der Waals surface area contributed by atoms with Gasteiger partial charge in [0.25, 0.3) is 6.43 Å². The van der Waals surface area contributed by atoms with Gasteiger partial charge in [-0.3, -0.25) is 9.58 Å². The van der Waals surface area contributed by atoms with E-state index in [0.717, 1.165) is 75.6 Å². The standard InChI is InChI=1S/C29H34ClF2N5O/c1-20-16-33-37(28(20)29(31)32)24-3-2-10-36(17-24)27-15-22(30)6-9-26(27)21-4-7-23(8-5-21)34-11-13-35(14-12-34)25-18-38-19-25/h4-9,15-16,24-25,29H,2-3,10-14,17-19H2,1H3. The molecule has 4 heterocycles. The minimum Gasteiger partial charge on any atom is -0.378 e. The predicted molar refractivity (Wildman–Crippen MR) is 148 cm³/mol. The highest BCUT2D eigenvalue weighted by Crippen LogP contribution is 2.38. The van der Waals surface area contributed by atoms with Gasteiger partial charge in [0.2, 0.25) is 0 Å². The Hall–Kier alpha value is -2.68. The predicted octanol–water partition coefficient (Wildman–Crippen LogP) is 5.81. The lowest BCUT2D eigenvalue weighted by atomic mass is 9.99. The highest BCUT2D eigenvalue weighted by molar-refractivity contribution is 6.31. The number of nitrogens with zero attached hydrogens (tertiary/aromatic N) is 5. The molecule has 9 heteroatoms. The Morgan fingerprint density at radius 1 is 0.947 bits per heavy atom. The monoisotopic (exact) mass is 541 g/mol. The van der Waals surface area contributed by atoms with Gasteiger partial charge >= 0.3 is 0 Å². The minimum absolute atomic E-state index is 0.0283. The van der Waals surface area contributed by atoms with E-state index < -0.39 is 6.43 Å². The fourth-order valence-corrected chi connectivity index (χ4v) is 6.20. The van der Waals surface area contributed by atoms with Crippen LogP contribution in [0.1, 0.15) is 36.6 Å². The van der Waals surface area contributed by atoms with E-state index in [4.69, 9.17) is 16.3 Å². The summed E-state index contributed by atoms with van der Waals surface area (Å²) in [6.07, 6.45) is 0.733. The van der Waals surface area contributed by atoms with Crippen LogP contribution in [0, 0.1) is 6.92 Å². The van der Waals surface area contributed by atoms with Crippen molar-refractivity contribution < 1.29 is 13.5 Å². The first-order valence-electron chi connectivity index (χ1n) is 13.5. The van der Waals surface area contributed by atoms with E-state index in [1.54, 1.807) is 17.8 Å². The van der Waals surface area contributed by atoms with Crippen LogP contribution >= 0.6 is 11.6 Å². The van der Waals surface area contributed by atoms with Crippen molar-refractivity contribution in [3.8, 4) is 11.1 Å². The molecular weight excluding hydrogens is 508 g/mol. The van der Waals surface area contributed by atoms with Crippen LogP contribution in [0.2, 0.25) is 5.02 Å². The summed E-state index contributed by atoms with van der Waals surface area (Å²) in [5.74, 6) is 0. The molecule has 38 heavy (non-hydrogen) atoms. The molecule has 2 aromatic carbocycles. The quantitative estimate of drug-likeness (QED) is 0.393. The molecule has 3 fully saturated rings. The van der Waals surface area contributed by atoms with E-state index in [1.165, 1.54) is 5.69 Å². The third kappa shape index (κ3) is 5.01. The molecule has 0 spiro atoms. The van der Waals surface area contributed by atoms with Crippen LogP contribution in [-0.4, -0.2) is 73.2 Å². The number of piperazine rings is 1. The molecular formula is C29H34ClF2N5O. The number of halogens is 3. The van der Waals surface area contributed by atoms with Crippen LogP contribution < -0.4 is 9.80 Å². The number of anilines is 2. The number of alkyl halides is 2. The molecule has 0 saturated carbocycles. The van der Waals surface area contributed by atoms with Crippen molar-refractivity contribution in [2.75, 3.05) is 62.3 Å². The summed E-state index contributed by atoms with van der Waals surface area (Å²) in [6, 6.07) is 15.2. The van der Waals surface area contributed by atoms with Crippen LogP contribution in [0.4, 0.5) is 20.2 Å². The van der Waals surface area contributed by atoms with E-state index in [-0.39, 0.29) is 11.7 Å². The second kappa shape index (κ2) is 10.8. The number of aromatic nitrogens is 2. The first-order valence-corrected chi connectivity index (χ1v) is 13.9. The van der Waals surface area contributed by atoms with Crippen LogP contribution in [0.25, 0.3) is 11.1 Å². The fourth-order valence-electron chi connectivity index (χ4n) is 6.04. The normalized spacial score (nSPS) is 21.2. The van der Waals surface area contributed by atoms with Gasteiger partial charge in [-0.25, -0.2) is 8.78 Å². The molecule has 0 radical (unpaired) electrons. The zero-order valence-corrected chi connectivity index (χ0v) is 22.5. The summed E-state index contributed by atoms with van der Waals surface area (Å²) >= 11 is 6.46. The second-order valence-corrected chi connectivity index (χ2v) is 11.1. The van der Waals surface area contributed by atoms with Gasteiger partial charge < -0.3 is 14.5 Å². The Labute approximate surface area is 227 Å². The van der Waals surface area contributed by atoms with Crippen LogP contribution in [0.15, 0.2) is 48.7 Å². The first kappa shape index (κ1) is 25.6. The summed E-state index contributed by atoms with van der Waals surface area (Å²) in [5, 5.41) is 5.00. The van der Waals surface area contributed by atoms with Gasteiger partial charge in [-0.15, -0.1) is 0 Å². The number of ether oxygens (including phenoxy) is 1. The Kier molecular flexibility index (Phi) is 7.29. The van der Waals surface area contributed by atoms with Gasteiger partial charge in [0.1, 0.15) is 5.69 Å². The molecule has 202 valence electrons. The maximum Gasteiger partial charge on any atom is 0.280 e. The summed E-state index contributed by atoms with van der Waals surface area (Å²) in [7, 11) is 0. The molecule has 1 unspecified atom stereocenters. The van der Waals surface area contributed by atoms with E-state index in [2.05, 4.69) is 50.1 Å². The fraction of sp³-hybridized carbons (Fsp3) is 0.483. The third-order valence-electron chi connectivity index (χ3n) is 8.27. The molecule has 3 aliphatic rings. The average molecular weight is 542 g/mol. The molecule has 1 aromatic heterocycles. The van der Waals surface area contributed by atoms with Crippen molar-refractivity contribution >= 4 is 23.0 Å². The molecule has 6 nitrogen and oxygen atoms in total. The van der Waals surface area contributed by atoms with Gasteiger partial charge in [-0.1, -0.05) is 29.8 Å². The lowest BCUT2D eigenvalue weighted by Crippen LogP contribution is -2.56. The number of piperidine rings is 1.